The van der Waals surface area contributed by atoms with Gasteiger partial charge < -0.3 is 9.84 Å². The molecule has 0 aliphatic carbocycles. The van der Waals surface area contributed by atoms with Gasteiger partial charge in [-0.3, -0.25) is 0 Å². The van der Waals surface area contributed by atoms with E-state index in [1.807, 2.05) is 11.4 Å². The van der Waals surface area contributed by atoms with E-state index in [9.17, 15) is 0 Å². The Kier molecular flexibility index (Phi) is 3.73. The van der Waals surface area contributed by atoms with Crippen LogP contribution in [-0.2, 0) is 6.54 Å². The van der Waals surface area contributed by atoms with Crippen LogP contribution in [0.2, 0.25) is 0 Å². The Hall–Kier alpha value is -0.720. The Labute approximate surface area is 106 Å². The Bertz CT molecular complexity index is 466. The summed E-state index contributed by atoms with van der Waals surface area (Å²) in [5.41, 5.74) is 0. The number of aromatic nitrogens is 2. The van der Waals surface area contributed by atoms with Crippen LogP contribution in [0.1, 0.15) is 19.7 Å². The maximum Gasteiger partial charge on any atom is 0.240 e. The zero-order valence-corrected chi connectivity index (χ0v) is 11.4. The molecule has 16 heavy (non-hydrogen) atoms. The third kappa shape index (κ3) is 2.90. The van der Waals surface area contributed by atoms with E-state index in [1.165, 1.54) is 0 Å². The van der Waals surface area contributed by atoms with Crippen molar-refractivity contribution in [2.45, 2.75) is 26.4 Å². The highest BCUT2D eigenvalue weighted by atomic mass is 79.9. The molecule has 0 bridgehead atoms. The summed E-state index contributed by atoms with van der Waals surface area (Å²) < 4.78 is 6.19. The summed E-state index contributed by atoms with van der Waals surface area (Å²) >= 11 is 4.99. The summed E-state index contributed by atoms with van der Waals surface area (Å²) in [6.45, 7) is 4.76. The molecule has 2 rings (SSSR count). The SMILES string of the molecule is CC(C)NCc1nc(-c2cc(Br)cs2)no1. The summed E-state index contributed by atoms with van der Waals surface area (Å²) in [7, 11) is 0. The summed E-state index contributed by atoms with van der Waals surface area (Å²) in [6, 6.07) is 2.39. The van der Waals surface area contributed by atoms with Crippen LogP contribution in [0.15, 0.2) is 20.4 Å². The number of nitrogens with zero attached hydrogens (tertiary/aromatic N) is 2. The van der Waals surface area contributed by atoms with Gasteiger partial charge in [-0.2, -0.15) is 4.98 Å². The first-order chi connectivity index (χ1) is 7.65. The van der Waals surface area contributed by atoms with Crippen LogP contribution in [0.4, 0.5) is 0 Å². The molecular weight excluding hydrogens is 290 g/mol. The molecule has 0 saturated carbocycles. The molecule has 0 unspecified atom stereocenters. The number of nitrogens with one attached hydrogen (secondary N) is 1. The zero-order chi connectivity index (χ0) is 11.5. The molecule has 0 aromatic carbocycles. The first-order valence-electron chi connectivity index (χ1n) is 4.95. The van der Waals surface area contributed by atoms with Crippen LogP contribution in [0.5, 0.6) is 0 Å². The number of rotatable bonds is 4. The molecule has 2 aromatic rings. The van der Waals surface area contributed by atoms with Crippen molar-refractivity contribution in [2.75, 3.05) is 0 Å². The Morgan fingerprint density at radius 3 is 3.00 bits per heavy atom. The van der Waals surface area contributed by atoms with Crippen molar-refractivity contribution in [3.05, 3.63) is 21.8 Å². The summed E-state index contributed by atoms with van der Waals surface area (Å²) in [4.78, 5) is 5.32. The van der Waals surface area contributed by atoms with Crippen LogP contribution in [0.25, 0.3) is 10.7 Å². The molecule has 0 aliphatic rings. The lowest BCUT2D eigenvalue weighted by molar-refractivity contribution is 0.362. The van der Waals surface area contributed by atoms with Crippen molar-refractivity contribution < 1.29 is 4.52 Å². The normalized spacial score (nSPS) is 11.2. The second-order valence-electron chi connectivity index (χ2n) is 3.68. The summed E-state index contributed by atoms with van der Waals surface area (Å²) in [6.07, 6.45) is 0. The molecule has 0 amide bonds. The van der Waals surface area contributed by atoms with Gasteiger partial charge in [0.05, 0.1) is 11.4 Å². The van der Waals surface area contributed by atoms with Crippen LogP contribution in [0.3, 0.4) is 0 Å². The van der Waals surface area contributed by atoms with E-state index in [2.05, 4.69) is 45.2 Å². The average molecular weight is 302 g/mol. The van der Waals surface area contributed by atoms with Crippen LogP contribution < -0.4 is 5.32 Å². The first kappa shape index (κ1) is 11.8. The molecule has 0 saturated heterocycles. The fourth-order valence-electron chi connectivity index (χ4n) is 1.15. The quantitative estimate of drug-likeness (QED) is 0.943. The molecule has 0 fully saturated rings. The van der Waals surface area contributed by atoms with E-state index in [-0.39, 0.29) is 0 Å². The topological polar surface area (TPSA) is 51.0 Å². The third-order valence-electron chi connectivity index (χ3n) is 1.92. The van der Waals surface area contributed by atoms with Gasteiger partial charge in [0.25, 0.3) is 0 Å². The molecule has 6 heteroatoms. The van der Waals surface area contributed by atoms with Crippen molar-refractivity contribution in [2.24, 2.45) is 0 Å². The number of halogens is 1. The molecule has 0 atom stereocenters. The van der Waals surface area contributed by atoms with E-state index in [0.717, 1.165) is 9.35 Å². The van der Waals surface area contributed by atoms with E-state index in [4.69, 9.17) is 4.52 Å². The van der Waals surface area contributed by atoms with Crippen molar-refractivity contribution in [3.63, 3.8) is 0 Å². The summed E-state index contributed by atoms with van der Waals surface area (Å²) in [5.74, 6) is 1.27. The molecule has 2 aromatic heterocycles. The van der Waals surface area contributed by atoms with Gasteiger partial charge in [0.1, 0.15) is 0 Å². The molecule has 1 N–H and O–H groups in total. The lowest BCUT2D eigenvalue weighted by Gasteiger charge is -2.02. The van der Waals surface area contributed by atoms with Gasteiger partial charge in [0.15, 0.2) is 0 Å². The Morgan fingerprint density at radius 1 is 1.56 bits per heavy atom. The van der Waals surface area contributed by atoms with Crippen LogP contribution >= 0.6 is 27.3 Å². The zero-order valence-electron chi connectivity index (χ0n) is 9.03. The van der Waals surface area contributed by atoms with Crippen molar-refractivity contribution in [3.8, 4) is 10.7 Å². The number of hydrogen-bond donors (Lipinski definition) is 1. The van der Waals surface area contributed by atoms with Gasteiger partial charge >= 0.3 is 0 Å². The van der Waals surface area contributed by atoms with Crippen molar-refractivity contribution in [1.82, 2.24) is 15.5 Å². The van der Waals surface area contributed by atoms with E-state index in [1.54, 1.807) is 11.3 Å². The van der Waals surface area contributed by atoms with Gasteiger partial charge in [0.2, 0.25) is 11.7 Å². The third-order valence-corrected chi connectivity index (χ3v) is 3.60. The maximum absolute atomic E-state index is 5.15. The van der Waals surface area contributed by atoms with Crippen molar-refractivity contribution >= 4 is 27.3 Å². The predicted molar refractivity (Wildman–Crippen MR) is 67.3 cm³/mol. The minimum atomic E-state index is 0.409. The molecule has 0 aliphatic heterocycles. The van der Waals surface area contributed by atoms with E-state index >= 15 is 0 Å². The second kappa shape index (κ2) is 5.07. The van der Waals surface area contributed by atoms with E-state index in [0.29, 0.717) is 24.3 Å². The van der Waals surface area contributed by atoms with Gasteiger partial charge in [-0.1, -0.05) is 19.0 Å². The molecule has 2 heterocycles. The fourth-order valence-corrected chi connectivity index (χ4v) is 2.50. The van der Waals surface area contributed by atoms with Crippen LogP contribution in [0, 0.1) is 0 Å². The minimum absolute atomic E-state index is 0.409. The molecule has 0 radical (unpaired) electrons. The lowest BCUT2D eigenvalue weighted by atomic mass is 10.4. The van der Waals surface area contributed by atoms with Gasteiger partial charge in [-0.05, 0) is 22.0 Å². The van der Waals surface area contributed by atoms with Crippen molar-refractivity contribution in [1.29, 1.82) is 0 Å². The van der Waals surface area contributed by atoms with E-state index < -0.39 is 0 Å². The van der Waals surface area contributed by atoms with Gasteiger partial charge in [-0.15, -0.1) is 11.3 Å². The smallest absolute Gasteiger partial charge is 0.240 e. The van der Waals surface area contributed by atoms with Crippen LogP contribution in [-0.4, -0.2) is 16.2 Å². The minimum Gasteiger partial charge on any atom is -0.338 e. The fraction of sp³-hybridized carbons (Fsp3) is 0.400. The maximum atomic E-state index is 5.15. The second-order valence-corrected chi connectivity index (χ2v) is 5.50. The molecule has 0 spiro atoms. The largest absolute Gasteiger partial charge is 0.338 e. The standard InChI is InChI=1S/C10H12BrN3OS/c1-6(2)12-4-9-13-10(14-15-9)8-3-7(11)5-16-8/h3,5-6,12H,4H2,1-2H3. The number of thiophene rings is 1. The first-order valence-corrected chi connectivity index (χ1v) is 6.63. The highest BCUT2D eigenvalue weighted by Gasteiger charge is 2.10. The van der Waals surface area contributed by atoms with Gasteiger partial charge in [-0.25, -0.2) is 0 Å². The monoisotopic (exact) mass is 301 g/mol. The average Bonchev–Trinajstić information content (AvgIpc) is 2.83. The number of hydrogen-bond acceptors (Lipinski definition) is 5. The summed E-state index contributed by atoms with van der Waals surface area (Å²) in [5, 5.41) is 9.17. The highest BCUT2D eigenvalue weighted by Crippen LogP contribution is 2.27. The molecule has 4 nitrogen and oxygen atoms in total. The Morgan fingerprint density at radius 2 is 2.38 bits per heavy atom. The predicted octanol–water partition coefficient (Wildman–Crippen LogP) is 3.06. The van der Waals surface area contributed by atoms with Gasteiger partial charge in [0, 0.05) is 15.9 Å². The molecule has 86 valence electrons. The highest BCUT2D eigenvalue weighted by molar-refractivity contribution is 9.10. The molecular formula is C10H12BrN3OS. The lowest BCUT2D eigenvalue weighted by Crippen LogP contribution is -2.21. The Balaban J connectivity index is 2.07.